The van der Waals surface area contributed by atoms with E-state index in [1.807, 2.05) is 18.5 Å². The molecule has 0 aliphatic rings. The molecule has 0 aliphatic carbocycles. The van der Waals surface area contributed by atoms with Gasteiger partial charge < -0.3 is 9.88 Å². The van der Waals surface area contributed by atoms with E-state index in [2.05, 4.69) is 94.4 Å². The Morgan fingerprint density at radius 3 is 2.61 bits per heavy atom. The lowest BCUT2D eigenvalue weighted by Crippen LogP contribution is -2.17. The fourth-order valence-corrected chi connectivity index (χ4v) is 4.18. The summed E-state index contributed by atoms with van der Waals surface area (Å²) in [6.45, 7) is 4.44. The Balaban J connectivity index is 1.64. The third-order valence-electron chi connectivity index (χ3n) is 5.81. The van der Waals surface area contributed by atoms with Crippen molar-refractivity contribution in [2.24, 2.45) is 13.0 Å². The molecule has 0 amide bonds. The van der Waals surface area contributed by atoms with Crippen LogP contribution in [0, 0.1) is 5.92 Å². The van der Waals surface area contributed by atoms with Crippen molar-refractivity contribution in [2.75, 3.05) is 5.32 Å². The molecule has 0 unspecified atom stereocenters. The first-order chi connectivity index (χ1) is 15.1. The van der Waals surface area contributed by atoms with Crippen molar-refractivity contribution >= 4 is 27.6 Å². The standard InChI is InChI=1S/C26H25N5/c1-17(2)25(20-5-4-9-27-16-20)30-21-14-22(26-23(15-21)28-10-11-29-26)19-7-6-18-8-12-31(3)24(18)13-19/h4-17,25,30H,1-3H3/t25-/m0/s1. The maximum absolute atomic E-state index is 4.65. The van der Waals surface area contributed by atoms with Crippen LogP contribution in [0.4, 0.5) is 5.69 Å². The molecule has 0 spiro atoms. The lowest BCUT2D eigenvalue weighted by Gasteiger charge is -2.24. The van der Waals surface area contributed by atoms with Gasteiger partial charge >= 0.3 is 0 Å². The summed E-state index contributed by atoms with van der Waals surface area (Å²) in [5.74, 6) is 0.393. The zero-order chi connectivity index (χ0) is 21.4. The van der Waals surface area contributed by atoms with Crippen molar-refractivity contribution < 1.29 is 0 Å². The third-order valence-corrected chi connectivity index (χ3v) is 5.81. The summed E-state index contributed by atoms with van der Waals surface area (Å²) in [5, 5.41) is 4.96. The predicted octanol–water partition coefficient (Wildman–Crippen LogP) is 5.99. The molecule has 1 atom stereocenters. The highest BCUT2D eigenvalue weighted by Gasteiger charge is 2.18. The first-order valence-corrected chi connectivity index (χ1v) is 10.6. The van der Waals surface area contributed by atoms with E-state index in [9.17, 15) is 0 Å². The Bertz CT molecular complexity index is 1350. The molecule has 31 heavy (non-hydrogen) atoms. The summed E-state index contributed by atoms with van der Waals surface area (Å²) >= 11 is 0. The van der Waals surface area contributed by atoms with Gasteiger partial charge in [-0.05, 0) is 52.8 Å². The van der Waals surface area contributed by atoms with Crippen LogP contribution in [0.1, 0.15) is 25.5 Å². The lowest BCUT2D eigenvalue weighted by molar-refractivity contribution is 0.545. The minimum atomic E-state index is 0.144. The summed E-state index contributed by atoms with van der Waals surface area (Å²) < 4.78 is 2.14. The SMILES string of the molecule is CC(C)[C@H](Nc1cc(-c2ccc3ccn(C)c3c2)c2nccnc2c1)c1cccnc1. The van der Waals surface area contributed by atoms with Crippen LogP contribution >= 0.6 is 0 Å². The molecular formula is C26H25N5. The molecule has 0 saturated heterocycles. The number of pyridine rings is 1. The second kappa shape index (κ2) is 7.84. The second-order valence-corrected chi connectivity index (χ2v) is 8.30. The highest BCUT2D eigenvalue weighted by Crippen LogP contribution is 2.34. The molecule has 5 heteroatoms. The summed E-state index contributed by atoms with van der Waals surface area (Å²) in [7, 11) is 2.07. The van der Waals surface area contributed by atoms with Gasteiger partial charge in [-0.1, -0.05) is 32.0 Å². The van der Waals surface area contributed by atoms with Crippen LogP contribution in [-0.2, 0) is 7.05 Å². The molecule has 3 aromatic heterocycles. The smallest absolute Gasteiger partial charge is 0.0966 e. The molecular weight excluding hydrogens is 382 g/mol. The van der Waals surface area contributed by atoms with Crippen molar-refractivity contribution in [1.82, 2.24) is 19.5 Å². The van der Waals surface area contributed by atoms with Crippen molar-refractivity contribution in [1.29, 1.82) is 0 Å². The molecule has 3 heterocycles. The Morgan fingerprint density at radius 2 is 1.81 bits per heavy atom. The van der Waals surface area contributed by atoms with E-state index in [1.165, 1.54) is 16.5 Å². The van der Waals surface area contributed by atoms with Gasteiger partial charge in [-0.25, -0.2) is 0 Å². The molecule has 0 aliphatic heterocycles. The van der Waals surface area contributed by atoms with Crippen molar-refractivity contribution in [2.45, 2.75) is 19.9 Å². The van der Waals surface area contributed by atoms with E-state index in [0.29, 0.717) is 5.92 Å². The maximum atomic E-state index is 4.65. The Hall–Kier alpha value is -3.73. The average molecular weight is 408 g/mol. The highest BCUT2D eigenvalue weighted by molar-refractivity contribution is 5.97. The van der Waals surface area contributed by atoms with Gasteiger partial charge in [0.2, 0.25) is 0 Å². The van der Waals surface area contributed by atoms with E-state index in [4.69, 9.17) is 0 Å². The third kappa shape index (κ3) is 3.63. The van der Waals surface area contributed by atoms with Crippen LogP contribution in [0.2, 0.25) is 0 Å². The van der Waals surface area contributed by atoms with Gasteiger partial charge in [0.05, 0.1) is 17.1 Å². The number of nitrogens with one attached hydrogen (secondary N) is 1. The summed E-state index contributed by atoms with van der Waals surface area (Å²) in [6, 6.07) is 17.2. The molecule has 0 radical (unpaired) electrons. The number of anilines is 1. The first-order valence-electron chi connectivity index (χ1n) is 10.6. The molecule has 0 fully saturated rings. The molecule has 5 nitrogen and oxygen atoms in total. The second-order valence-electron chi connectivity index (χ2n) is 8.30. The lowest BCUT2D eigenvalue weighted by atomic mass is 9.96. The molecule has 2 aromatic carbocycles. The van der Waals surface area contributed by atoms with Gasteiger partial charge in [-0.3, -0.25) is 15.0 Å². The van der Waals surface area contributed by atoms with Crippen LogP contribution in [0.25, 0.3) is 33.1 Å². The van der Waals surface area contributed by atoms with E-state index in [1.54, 1.807) is 12.4 Å². The molecule has 1 N–H and O–H groups in total. The molecule has 154 valence electrons. The van der Waals surface area contributed by atoms with Crippen molar-refractivity contribution in [3.63, 3.8) is 0 Å². The number of rotatable bonds is 5. The van der Waals surface area contributed by atoms with Crippen LogP contribution in [0.5, 0.6) is 0 Å². The fraction of sp³-hybridized carbons (Fsp3) is 0.192. The van der Waals surface area contributed by atoms with Crippen LogP contribution in [-0.4, -0.2) is 19.5 Å². The van der Waals surface area contributed by atoms with Crippen molar-refractivity contribution in [3.05, 3.63) is 85.1 Å². The Labute approximate surface area is 181 Å². The Morgan fingerprint density at radius 1 is 0.935 bits per heavy atom. The van der Waals surface area contributed by atoms with Crippen LogP contribution in [0.15, 0.2) is 79.5 Å². The van der Waals surface area contributed by atoms with E-state index < -0.39 is 0 Å². The molecule has 0 bridgehead atoms. The minimum absolute atomic E-state index is 0.144. The normalized spacial score (nSPS) is 12.5. The maximum Gasteiger partial charge on any atom is 0.0966 e. The number of aryl methyl sites for hydroxylation is 1. The van der Waals surface area contributed by atoms with Crippen molar-refractivity contribution in [3.8, 4) is 11.1 Å². The molecule has 5 aromatic rings. The number of hydrogen-bond acceptors (Lipinski definition) is 4. The topological polar surface area (TPSA) is 55.6 Å². The summed E-state index contributed by atoms with van der Waals surface area (Å²) in [4.78, 5) is 13.6. The average Bonchev–Trinajstić information content (AvgIpc) is 3.17. The van der Waals surface area contributed by atoms with Crippen LogP contribution in [0.3, 0.4) is 0 Å². The van der Waals surface area contributed by atoms with Crippen LogP contribution < -0.4 is 5.32 Å². The van der Waals surface area contributed by atoms with E-state index in [0.717, 1.165) is 27.8 Å². The van der Waals surface area contributed by atoms with E-state index in [-0.39, 0.29) is 6.04 Å². The van der Waals surface area contributed by atoms with Gasteiger partial charge in [-0.15, -0.1) is 0 Å². The summed E-state index contributed by atoms with van der Waals surface area (Å²) in [6.07, 6.45) is 9.34. The monoisotopic (exact) mass is 407 g/mol. The van der Waals surface area contributed by atoms with Gasteiger partial charge in [0.1, 0.15) is 0 Å². The zero-order valence-corrected chi connectivity index (χ0v) is 17.9. The number of fused-ring (bicyclic) bond motifs is 2. The Kier molecular flexibility index (Phi) is 4.86. The summed E-state index contributed by atoms with van der Waals surface area (Å²) in [5.41, 5.74) is 7.38. The fourth-order valence-electron chi connectivity index (χ4n) is 4.18. The molecule has 0 saturated carbocycles. The zero-order valence-electron chi connectivity index (χ0n) is 17.9. The number of aromatic nitrogens is 4. The predicted molar refractivity (Wildman–Crippen MR) is 127 cm³/mol. The van der Waals surface area contributed by atoms with Gasteiger partial charge in [0.15, 0.2) is 0 Å². The number of hydrogen-bond donors (Lipinski definition) is 1. The van der Waals surface area contributed by atoms with E-state index >= 15 is 0 Å². The first kappa shape index (κ1) is 19.2. The molecule has 5 rings (SSSR count). The quantitative estimate of drug-likeness (QED) is 0.389. The van der Waals surface area contributed by atoms with Gasteiger partial charge in [-0.2, -0.15) is 0 Å². The number of nitrogens with zero attached hydrogens (tertiary/aromatic N) is 4. The minimum Gasteiger partial charge on any atom is -0.378 e. The highest BCUT2D eigenvalue weighted by atomic mass is 14.9. The van der Waals surface area contributed by atoms with Gasteiger partial charge in [0.25, 0.3) is 0 Å². The number of benzene rings is 2. The largest absolute Gasteiger partial charge is 0.378 e. The van der Waals surface area contributed by atoms with Gasteiger partial charge in [0, 0.05) is 54.8 Å².